The quantitative estimate of drug-likeness (QED) is 0.399. The van der Waals surface area contributed by atoms with Crippen molar-refractivity contribution in [1.82, 2.24) is 4.90 Å². The molecule has 2 rings (SSSR count). The summed E-state index contributed by atoms with van der Waals surface area (Å²) in [5, 5.41) is 0. The molecule has 0 aromatic rings. The molecule has 0 aromatic carbocycles. The van der Waals surface area contributed by atoms with Gasteiger partial charge in [-0.3, -0.25) is 4.90 Å². The van der Waals surface area contributed by atoms with Gasteiger partial charge in [-0.05, 0) is 86.5 Å². The molecule has 0 spiro atoms. The van der Waals surface area contributed by atoms with Crippen LogP contribution in [0.4, 0.5) is 0 Å². The number of hydrogen-bond acceptors (Lipinski definition) is 1. The van der Waals surface area contributed by atoms with Crippen molar-refractivity contribution in [3.8, 4) is 0 Å². The third-order valence-electron chi connectivity index (χ3n) is 9.44. The minimum Gasteiger partial charge on any atom is -0.297 e. The summed E-state index contributed by atoms with van der Waals surface area (Å²) in [5.41, 5.74) is 1.47. The van der Waals surface area contributed by atoms with Crippen LogP contribution in [0.3, 0.4) is 0 Å². The first-order valence-electron chi connectivity index (χ1n) is 14.9. The van der Waals surface area contributed by atoms with E-state index in [-0.39, 0.29) is 5.54 Å². The van der Waals surface area contributed by atoms with Crippen LogP contribution in [-0.4, -0.2) is 23.5 Å². The van der Waals surface area contributed by atoms with E-state index in [4.69, 9.17) is 0 Å². The van der Waals surface area contributed by atoms with E-state index in [1.807, 2.05) is 27.7 Å². The lowest BCUT2D eigenvalue weighted by atomic mass is 9.60. The molecule has 33 heavy (non-hydrogen) atoms. The van der Waals surface area contributed by atoms with E-state index in [2.05, 4.69) is 74.1 Å². The maximum absolute atomic E-state index is 2.90. The minimum atomic E-state index is 0.243. The highest BCUT2D eigenvalue weighted by molar-refractivity contribution is 5.01. The monoisotopic (exact) mass is 466 g/mol. The molecule has 0 aromatic heterocycles. The van der Waals surface area contributed by atoms with Crippen LogP contribution < -0.4 is 0 Å². The van der Waals surface area contributed by atoms with Gasteiger partial charge in [0.25, 0.3) is 0 Å². The van der Waals surface area contributed by atoms with Crippen LogP contribution in [0.5, 0.6) is 0 Å². The van der Waals surface area contributed by atoms with E-state index in [9.17, 15) is 0 Å². The number of hydrogen-bond donors (Lipinski definition) is 0. The zero-order valence-corrected chi connectivity index (χ0v) is 26.0. The molecular formula is C32H67N. The molecular weight excluding hydrogens is 398 g/mol. The lowest BCUT2D eigenvalue weighted by molar-refractivity contribution is -0.0639. The van der Waals surface area contributed by atoms with Gasteiger partial charge < -0.3 is 0 Å². The van der Waals surface area contributed by atoms with Crippen molar-refractivity contribution in [3.05, 3.63) is 0 Å². The largest absolute Gasteiger partial charge is 0.297 e. The number of rotatable bonds is 4. The Labute approximate surface area is 212 Å². The highest BCUT2D eigenvalue weighted by Gasteiger charge is 2.48. The first-order chi connectivity index (χ1) is 15.2. The highest BCUT2D eigenvalue weighted by Crippen LogP contribution is 2.49. The molecule has 0 atom stereocenters. The molecule has 0 unspecified atom stereocenters. The van der Waals surface area contributed by atoms with Gasteiger partial charge in [-0.15, -0.1) is 0 Å². The topological polar surface area (TPSA) is 3.24 Å². The van der Waals surface area contributed by atoms with Crippen molar-refractivity contribution >= 4 is 0 Å². The summed E-state index contributed by atoms with van der Waals surface area (Å²) in [6.07, 6.45) is 12.7. The highest BCUT2D eigenvalue weighted by atomic mass is 15.2. The van der Waals surface area contributed by atoms with Crippen molar-refractivity contribution < 1.29 is 0 Å². The predicted octanol–water partition coefficient (Wildman–Crippen LogP) is 10.6. The number of nitrogens with zero attached hydrogens (tertiary/aromatic N) is 1. The molecule has 1 aliphatic heterocycles. The van der Waals surface area contributed by atoms with Gasteiger partial charge in [0, 0.05) is 12.1 Å². The zero-order chi connectivity index (χ0) is 26.1. The Morgan fingerprint density at radius 1 is 0.727 bits per heavy atom. The third kappa shape index (κ3) is 9.50. The second-order valence-electron chi connectivity index (χ2n) is 13.9. The normalized spacial score (nSPS) is 27.0. The number of likely N-dealkylation sites (tertiary alicyclic amines) is 1. The van der Waals surface area contributed by atoms with E-state index >= 15 is 0 Å². The molecule has 1 nitrogen and oxygen atoms in total. The van der Waals surface area contributed by atoms with Crippen molar-refractivity contribution in [3.63, 3.8) is 0 Å². The summed E-state index contributed by atoms with van der Waals surface area (Å²) in [4.78, 5) is 2.90. The summed E-state index contributed by atoms with van der Waals surface area (Å²) in [5.74, 6) is 2.68. The van der Waals surface area contributed by atoms with E-state index in [0.717, 1.165) is 17.8 Å². The molecule has 1 saturated heterocycles. The molecule has 1 heterocycles. The molecule has 0 amide bonds. The Hall–Kier alpha value is -0.0400. The fraction of sp³-hybridized carbons (Fsp3) is 1.00. The van der Waals surface area contributed by atoms with Gasteiger partial charge in [-0.1, -0.05) is 109 Å². The van der Waals surface area contributed by atoms with Crippen molar-refractivity contribution in [1.29, 1.82) is 0 Å². The molecule has 2 fully saturated rings. The van der Waals surface area contributed by atoms with E-state index in [1.54, 1.807) is 0 Å². The zero-order valence-electron chi connectivity index (χ0n) is 26.0. The fourth-order valence-electron chi connectivity index (χ4n) is 7.10. The maximum atomic E-state index is 2.90. The van der Waals surface area contributed by atoms with Crippen molar-refractivity contribution in [2.45, 2.75) is 160 Å². The molecule has 1 saturated carbocycles. The van der Waals surface area contributed by atoms with Crippen LogP contribution in [0.15, 0.2) is 0 Å². The minimum absolute atomic E-state index is 0.243. The Kier molecular flexibility index (Phi) is 13.9. The summed E-state index contributed by atoms with van der Waals surface area (Å²) < 4.78 is 0. The second kappa shape index (κ2) is 13.9. The van der Waals surface area contributed by atoms with Crippen molar-refractivity contribution in [2.24, 2.45) is 34.0 Å². The molecule has 200 valence electrons. The second-order valence-corrected chi connectivity index (χ2v) is 13.9. The van der Waals surface area contributed by atoms with Crippen LogP contribution in [0.1, 0.15) is 155 Å². The average molecular weight is 466 g/mol. The van der Waals surface area contributed by atoms with Gasteiger partial charge in [0.15, 0.2) is 0 Å². The SMILES string of the molecule is CC.CC.CC(C)C1CCCC(C(C)(C)C(C)(C)N2CCCC(C)(C)CC(C)(C)C2)CCC1. The van der Waals surface area contributed by atoms with Gasteiger partial charge in [-0.25, -0.2) is 0 Å². The average Bonchev–Trinajstić information content (AvgIpc) is 2.67. The molecule has 0 bridgehead atoms. The van der Waals surface area contributed by atoms with Crippen LogP contribution in [-0.2, 0) is 0 Å². The Bertz CT molecular complexity index is 501. The molecule has 1 heteroatoms. The van der Waals surface area contributed by atoms with E-state index in [1.165, 1.54) is 70.9 Å². The predicted molar refractivity (Wildman–Crippen MR) is 153 cm³/mol. The van der Waals surface area contributed by atoms with Crippen LogP contribution in [0.2, 0.25) is 0 Å². The lowest BCUT2D eigenvalue weighted by Gasteiger charge is -2.56. The van der Waals surface area contributed by atoms with Gasteiger partial charge >= 0.3 is 0 Å². The van der Waals surface area contributed by atoms with Gasteiger partial charge in [0.2, 0.25) is 0 Å². The van der Waals surface area contributed by atoms with Crippen LogP contribution in [0.25, 0.3) is 0 Å². The molecule has 1 aliphatic carbocycles. The lowest BCUT2D eigenvalue weighted by Crippen LogP contribution is -2.59. The standard InChI is InChI=1S/C28H55N.2C2H6/c1-22(2)23-14-11-16-24(17-12-15-23)27(7,8)28(9,10)29-19-13-18-25(3,4)20-26(5,6)21-29;2*1-2/h22-24H,11-21H2,1-10H3;2*1-2H3. The smallest absolute Gasteiger partial charge is 0.0207 e. The van der Waals surface area contributed by atoms with Gasteiger partial charge in [-0.2, -0.15) is 0 Å². The maximum Gasteiger partial charge on any atom is 0.0207 e. The van der Waals surface area contributed by atoms with Crippen molar-refractivity contribution in [2.75, 3.05) is 13.1 Å². The fourth-order valence-corrected chi connectivity index (χ4v) is 7.10. The summed E-state index contributed by atoms with van der Waals surface area (Å²) in [7, 11) is 0. The molecule has 2 aliphatic rings. The summed E-state index contributed by atoms with van der Waals surface area (Å²) in [6.45, 7) is 35.7. The van der Waals surface area contributed by atoms with E-state index < -0.39 is 0 Å². The third-order valence-corrected chi connectivity index (χ3v) is 9.44. The van der Waals surface area contributed by atoms with Crippen LogP contribution in [0, 0.1) is 34.0 Å². The Morgan fingerprint density at radius 3 is 1.67 bits per heavy atom. The van der Waals surface area contributed by atoms with Crippen LogP contribution >= 0.6 is 0 Å². The van der Waals surface area contributed by atoms with Gasteiger partial charge in [0.1, 0.15) is 0 Å². The first-order valence-corrected chi connectivity index (χ1v) is 14.9. The Balaban J connectivity index is 0.00000242. The van der Waals surface area contributed by atoms with Gasteiger partial charge in [0.05, 0.1) is 0 Å². The van der Waals surface area contributed by atoms with E-state index in [0.29, 0.717) is 16.2 Å². The molecule has 0 N–H and O–H groups in total. The first kappa shape index (κ1) is 33.0. The molecule has 0 radical (unpaired) electrons. The Morgan fingerprint density at radius 2 is 1.21 bits per heavy atom. The summed E-state index contributed by atoms with van der Waals surface area (Å²) >= 11 is 0. The summed E-state index contributed by atoms with van der Waals surface area (Å²) in [6, 6.07) is 0.